The molecule has 0 spiro atoms. The minimum absolute atomic E-state index is 0.277. The van der Waals surface area contributed by atoms with Gasteiger partial charge in [0, 0.05) is 23.7 Å². The number of piperidine rings is 1. The van der Waals surface area contributed by atoms with Crippen molar-refractivity contribution in [3.63, 3.8) is 0 Å². The van der Waals surface area contributed by atoms with Crippen LogP contribution in [0.25, 0.3) is 33.5 Å². The van der Waals surface area contributed by atoms with Gasteiger partial charge in [-0.25, -0.2) is 9.37 Å². The third-order valence-corrected chi connectivity index (χ3v) is 6.74. The molecule has 154 valence electrons. The minimum atomic E-state index is -0.277. The number of halogens is 1. The number of hydrogen-bond donors (Lipinski definition) is 3. The van der Waals surface area contributed by atoms with Gasteiger partial charge in [-0.3, -0.25) is 5.10 Å². The van der Waals surface area contributed by atoms with Crippen LogP contribution in [-0.2, 0) is 0 Å². The van der Waals surface area contributed by atoms with Crippen molar-refractivity contribution in [2.24, 2.45) is 5.92 Å². The summed E-state index contributed by atoms with van der Waals surface area (Å²) in [7, 11) is 0. The van der Waals surface area contributed by atoms with Gasteiger partial charge in [0.05, 0.1) is 16.6 Å². The number of fused-ring (bicyclic) bond motifs is 2. The van der Waals surface area contributed by atoms with E-state index in [1.54, 1.807) is 6.07 Å². The fourth-order valence-electron chi connectivity index (χ4n) is 5.23. The van der Waals surface area contributed by atoms with Gasteiger partial charge in [0.25, 0.3) is 0 Å². The maximum atomic E-state index is 13.8. The third kappa shape index (κ3) is 2.96. The maximum Gasteiger partial charge on any atom is 0.159 e. The lowest BCUT2D eigenvalue weighted by molar-refractivity contribution is 0.355. The summed E-state index contributed by atoms with van der Waals surface area (Å²) in [5, 5.41) is 11.6. The van der Waals surface area contributed by atoms with Gasteiger partial charge in [0.1, 0.15) is 11.5 Å². The second-order valence-electron chi connectivity index (χ2n) is 8.56. The van der Waals surface area contributed by atoms with Gasteiger partial charge < -0.3 is 15.2 Å². The summed E-state index contributed by atoms with van der Waals surface area (Å²) >= 11 is 0. The Kier molecular flexibility index (Phi) is 4.23. The first-order chi connectivity index (χ1) is 14.8. The average Bonchev–Trinajstić information content (AvgIpc) is 3.51. The van der Waals surface area contributed by atoms with Crippen LogP contribution >= 0.6 is 0 Å². The molecule has 0 bridgehead atoms. The first-order valence-corrected chi connectivity index (χ1v) is 10.9. The summed E-state index contributed by atoms with van der Waals surface area (Å²) in [4.78, 5) is 10.8. The molecule has 6 nitrogen and oxygen atoms in total. The van der Waals surface area contributed by atoms with Crippen LogP contribution in [0, 0.1) is 11.7 Å². The number of imidazole rings is 1. The number of anilines is 1. The van der Waals surface area contributed by atoms with E-state index in [2.05, 4.69) is 43.6 Å². The van der Waals surface area contributed by atoms with E-state index in [4.69, 9.17) is 4.98 Å². The highest BCUT2D eigenvalue weighted by Gasteiger charge is 2.32. The van der Waals surface area contributed by atoms with E-state index in [9.17, 15) is 4.39 Å². The second kappa shape index (κ2) is 7.09. The predicted octanol–water partition coefficient (Wildman–Crippen LogP) is 4.21. The Morgan fingerprint density at radius 2 is 1.97 bits per heavy atom. The molecule has 4 aromatic rings. The monoisotopic (exact) mass is 404 g/mol. The van der Waals surface area contributed by atoms with Gasteiger partial charge >= 0.3 is 0 Å². The SMILES string of the molecule is Fc1ccc2[nH]nc(-c3nc4cc(N5CCCCC5C5CCNC5)ccc4[nH]3)c2c1. The van der Waals surface area contributed by atoms with Crippen LogP contribution in [0.2, 0.25) is 0 Å². The zero-order chi connectivity index (χ0) is 20.1. The largest absolute Gasteiger partial charge is 0.368 e. The molecule has 2 aromatic carbocycles. The van der Waals surface area contributed by atoms with E-state index in [0.29, 0.717) is 17.6 Å². The molecule has 2 saturated heterocycles. The van der Waals surface area contributed by atoms with E-state index in [1.165, 1.54) is 43.5 Å². The predicted molar refractivity (Wildman–Crippen MR) is 117 cm³/mol. The highest BCUT2D eigenvalue weighted by molar-refractivity contribution is 5.93. The number of nitrogens with one attached hydrogen (secondary N) is 3. The lowest BCUT2D eigenvalue weighted by Gasteiger charge is -2.40. The minimum Gasteiger partial charge on any atom is -0.368 e. The van der Waals surface area contributed by atoms with Gasteiger partial charge in [0.2, 0.25) is 0 Å². The highest BCUT2D eigenvalue weighted by atomic mass is 19.1. The average molecular weight is 404 g/mol. The van der Waals surface area contributed by atoms with Crippen molar-refractivity contribution in [3.05, 3.63) is 42.2 Å². The lowest BCUT2D eigenvalue weighted by atomic mass is 9.89. The summed E-state index contributed by atoms with van der Waals surface area (Å²) in [5.41, 5.74) is 4.58. The molecular formula is C23H25FN6. The first-order valence-electron chi connectivity index (χ1n) is 10.9. The fraction of sp³-hybridized carbons (Fsp3) is 0.391. The van der Waals surface area contributed by atoms with E-state index >= 15 is 0 Å². The summed E-state index contributed by atoms with van der Waals surface area (Å²) in [6.07, 6.45) is 5.08. The zero-order valence-electron chi connectivity index (χ0n) is 16.8. The number of aromatic amines is 2. The van der Waals surface area contributed by atoms with Crippen LogP contribution in [0.5, 0.6) is 0 Å². The lowest BCUT2D eigenvalue weighted by Crippen LogP contribution is -2.45. The van der Waals surface area contributed by atoms with Gasteiger partial charge in [-0.05, 0) is 81.1 Å². The molecular weight excluding hydrogens is 379 g/mol. The topological polar surface area (TPSA) is 72.6 Å². The maximum absolute atomic E-state index is 13.8. The molecule has 0 amide bonds. The normalized spacial score (nSPS) is 22.4. The van der Waals surface area contributed by atoms with Crippen molar-refractivity contribution >= 4 is 27.6 Å². The molecule has 0 saturated carbocycles. The molecule has 4 heterocycles. The van der Waals surface area contributed by atoms with Crippen molar-refractivity contribution in [2.75, 3.05) is 24.5 Å². The summed E-state index contributed by atoms with van der Waals surface area (Å²) in [6.45, 7) is 3.36. The Labute approximate surface area is 173 Å². The summed E-state index contributed by atoms with van der Waals surface area (Å²) in [6, 6.07) is 11.7. The number of benzene rings is 2. The smallest absolute Gasteiger partial charge is 0.159 e. The van der Waals surface area contributed by atoms with Crippen LogP contribution in [0.4, 0.5) is 10.1 Å². The van der Waals surface area contributed by atoms with Crippen LogP contribution in [-0.4, -0.2) is 45.8 Å². The number of hydrogen-bond acceptors (Lipinski definition) is 4. The van der Waals surface area contributed by atoms with Crippen molar-refractivity contribution in [2.45, 2.75) is 31.7 Å². The third-order valence-electron chi connectivity index (χ3n) is 6.74. The number of nitrogens with zero attached hydrogens (tertiary/aromatic N) is 3. The Morgan fingerprint density at radius 3 is 2.87 bits per heavy atom. The molecule has 30 heavy (non-hydrogen) atoms. The van der Waals surface area contributed by atoms with Crippen molar-refractivity contribution in [1.82, 2.24) is 25.5 Å². The molecule has 6 rings (SSSR count). The van der Waals surface area contributed by atoms with E-state index in [0.717, 1.165) is 47.5 Å². The molecule has 2 atom stereocenters. The Bertz CT molecular complexity index is 1210. The van der Waals surface area contributed by atoms with Gasteiger partial charge in [0.15, 0.2) is 5.82 Å². The quantitative estimate of drug-likeness (QED) is 0.478. The molecule has 0 aliphatic carbocycles. The van der Waals surface area contributed by atoms with Crippen molar-refractivity contribution in [3.8, 4) is 11.5 Å². The first kappa shape index (κ1) is 17.9. The molecule has 3 N–H and O–H groups in total. The number of H-pyrrole nitrogens is 2. The Hall–Kier alpha value is -2.93. The molecule has 2 aliphatic rings. The number of aromatic nitrogens is 4. The van der Waals surface area contributed by atoms with Crippen molar-refractivity contribution in [1.29, 1.82) is 0 Å². The Morgan fingerprint density at radius 1 is 1.03 bits per heavy atom. The second-order valence-corrected chi connectivity index (χ2v) is 8.56. The van der Waals surface area contributed by atoms with Crippen LogP contribution < -0.4 is 10.2 Å². The molecule has 2 aliphatic heterocycles. The summed E-state index contributed by atoms with van der Waals surface area (Å²) < 4.78 is 13.8. The van der Waals surface area contributed by atoms with E-state index in [-0.39, 0.29) is 5.82 Å². The summed E-state index contributed by atoms with van der Waals surface area (Å²) in [5.74, 6) is 1.11. The molecule has 2 fully saturated rings. The van der Waals surface area contributed by atoms with Crippen LogP contribution in [0.1, 0.15) is 25.7 Å². The molecule has 0 radical (unpaired) electrons. The van der Waals surface area contributed by atoms with E-state index in [1.807, 2.05) is 0 Å². The van der Waals surface area contributed by atoms with Crippen LogP contribution in [0.3, 0.4) is 0 Å². The zero-order valence-corrected chi connectivity index (χ0v) is 16.8. The standard InChI is InChI=1S/C23H25FN6/c24-15-4-6-18-17(11-15)22(29-28-18)23-26-19-7-5-16(12-20(19)27-23)30-10-2-1-3-21(30)14-8-9-25-13-14/h4-7,11-12,14,21,25H,1-3,8-10,13H2,(H,26,27)(H,28,29). The van der Waals surface area contributed by atoms with Crippen molar-refractivity contribution < 1.29 is 4.39 Å². The Balaban J connectivity index is 1.37. The van der Waals surface area contributed by atoms with Gasteiger partial charge in [-0.15, -0.1) is 0 Å². The molecule has 7 heteroatoms. The highest BCUT2D eigenvalue weighted by Crippen LogP contribution is 2.34. The van der Waals surface area contributed by atoms with Gasteiger partial charge in [-0.1, -0.05) is 0 Å². The molecule has 2 aromatic heterocycles. The number of rotatable bonds is 3. The van der Waals surface area contributed by atoms with E-state index < -0.39 is 0 Å². The van der Waals surface area contributed by atoms with Gasteiger partial charge in [-0.2, -0.15) is 5.10 Å². The fourth-order valence-corrected chi connectivity index (χ4v) is 5.23. The molecule has 2 unspecified atom stereocenters. The van der Waals surface area contributed by atoms with Crippen LogP contribution in [0.15, 0.2) is 36.4 Å².